The van der Waals surface area contributed by atoms with Crippen molar-refractivity contribution in [2.75, 3.05) is 19.6 Å². The predicted molar refractivity (Wildman–Crippen MR) is 74.6 cm³/mol. The lowest BCUT2D eigenvalue weighted by Gasteiger charge is -2.15. The number of benzene rings is 1. The summed E-state index contributed by atoms with van der Waals surface area (Å²) in [5, 5.41) is 17.2. The number of β-amino-alcohol motifs (C(OH)–C–C–N with tert-alkyl or cyclic N) is 1. The molecule has 1 saturated heterocycles. The van der Waals surface area contributed by atoms with Crippen molar-refractivity contribution in [3.8, 4) is 0 Å². The van der Waals surface area contributed by atoms with E-state index in [0.29, 0.717) is 13.1 Å². The Kier molecular flexibility index (Phi) is 5.22. The molecule has 0 saturated carbocycles. The minimum absolute atomic E-state index is 0.185. The molecular weight excluding hydrogens is 315 g/mol. The normalized spacial score (nSPS) is 21.0. The van der Waals surface area contributed by atoms with Gasteiger partial charge < -0.3 is 21.1 Å². The molecule has 4 N–H and O–H groups in total. The van der Waals surface area contributed by atoms with Gasteiger partial charge in [-0.25, -0.2) is 0 Å². The average Bonchev–Trinajstić information content (AvgIpc) is 2.89. The fourth-order valence-electron chi connectivity index (χ4n) is 2.17. The number of halogens is 3. The third-order valence-corrected chi connectivity index (χ3v) is 3.39. The molecule has 0 spiro atoms. The fourth-order valence-corrected chi connectivity index (χ4v) is 2.17. The maximum atomic E-state index is 12.6. The van der Waals surface area contributed by atoms with Crippen LogP contribution in [0.5, 0.6) is 0 Å². The van der Waals surface area contributed by atoms with Crippen LogP contribution in [0.1, 0.15) is 15.9 Å². The first-order chi connectivity index (χ1) is 10.8. The molecule has 23 heavy (non-hydrogen) atoms. The summed E-state index contributed by atoms with van der Waals surface area (Å²) in [4.78, 5) is 23.5. The summed E-state index contributed by atoms with van der Waals surface area (Å²) < 4.78 is 37.8. The van der Waals surface area contributed by atoms with Crippen molar-refractivity contribution in [3.63, 3.8) is 0 Å². The lowest BCUT2D eigenvalue weighted by atomic mass is 10.1. The van der Waals surface area contributed by atoms with Crippen LogP contribution in [0.3, 0.4) is 0 Å². The van der Waals surface area contributed by atoms with Crippen LogP contribution >= 0.6 is 0 Å². The van der Waals surface area contributed by atoms with Gasteiger partial charge in [-0.15, -0.1) is 0 Å². The second kappa shape index (κ2) is 6.97. The second-order valence-corrected chi connectivity index (χ2v) is 5.16. The smallest absolute Gasteiger partial charge is 0.390 e. The van der Waals surface area contributed by atoms with Crippen LogP contribution < -0.4 is 16.0 Å². The van der Waals surface area contributed by atoms with Gasteiger partial charge in [-0.1, -0.05) is 6.07 Å². The van der Waals surface area contributed by atoms with Crippen molar-refractivity contribution in [1.29, 1.82) is 0 Å². The Hall–Kier alpha value is -2.13. The standard InChI is InChI=1S/C14H16F3N3O3/c15-14(16,17)9-3-1-2-8(4-9)13(23)19-7-12(22)20-10-5-18-6-11(10)21/h1-4,10-11,18,21H,5-7H2,(H,19,23)(H,20,22)/t10-,11-/m1/s1. The van der Waals surface area contributed by atoms with E-state index in [1.54, 1.807) is 0 Å². The lowest BCUT2D eigenvalue weighted by molar-refractivity contribution is -0.137. The van der Waals surface area contributed by atoms with E-state index in [4.69, 9.17) is 0 Å². The van der Waals surface area contributed by atoms with Crippen molar-refractivity contribution in [3.05, 3.63) is 35.4 Å². The molecule has 1 aromatic rings. The first kappa shape index (κ1) is 17.2. The Morgan fingerprint density at radius 3 is 2.65 bits per heavy atom. The quantitative estimate of drug-likeness (QED) is 0.619. The summed E-state index contributed by atoms with van der Waals surface area (Å²) in [6, 6.07) is 3.48. The highest BCUT2D eigenvalue weighted by atomic mass is 19.4. The zero-order chi connectivity index (χ0) is 17.0. The third-order valence-electron chi connectivity index (χ3n) is 3.39. The molecular formula is C14H16F3N3O3. The van der Waals surface area contributed by atoms with Crippen molar-refractivity contribution >= 4 is 11.8 Å². The molecule has 0 unspecified atom stereocenters. The minimum atomic E-state index is -4.54. The molecule has 0 bridgehead atoms. The van der Waals surface area contributed by atoms with Gasteiger partial charge in [0.05, 0.1) is 24.3 Å². The average molecular weight is 331 g/mol. The van der Waals surface area contributed by atoms with E-state index in [2.05, 4.69) is 16.0 Å². The van der Waals surface area contributed by atoms with Crippen molar-refractivity contribution in [2.45, 2.75) is 18.3 Å². The number of alkyl halides is 3. The maximum Gasteiger partial charge on any atom is 0.416 e. The Labute approximate surface area is 130 Å². The Balaban J connectivity index is 1.88. The molecule has 1 aliphatic heterocycles. The highest BCUT2D eigenvalue weighted by Crippen LogP contribution is 2.29. The van der Waals surface area contributed by atoms with Gasteiger partial charge >= 0.3 is 6.18 Å². The molecule has 1 heterocycles. The predicted octanol–water partition coefficient (Wildman–Crippen LogP) is -0.116. The lowest BCUT2D eigenvalue weighted by Crippen LogP contribution is -2.46. The molecule has 1 fully saturated rings. The van der Waals surface area contributed by atoms with E-state index < -0.39 is 42.2 Å². The molecule has 6 nitrogen and oxygen atoms in total. The van der Waals surface area contributed by atoms with E-state index in [1.165, 1.54) is 6.07 Å². The first-order valence-corrected chi connectivity index (χ1v) is 6.91. The van der Waals surface area contributed by atoms with Crippen LogP contribution in [0.25, 0.3) is 0 Å². The van der Waals surface area contributed by atoms with E-state index in [1.807, 2.05) is 0 Å². The minimum Gasteiger partial charge on any atom is -0.390 e. The van der Waals surface area contributed by atoms with E-state index in [0.717, 1.165) is 18.2 Å². The van der Waals surface area contributed by atoms with Gasteiger partial charge in [0, 0.05) is 18.7 Å². The molecule has 9 heteroatoms. The monoisotopic (exact) mass is 331 g/mol. The maximum absolute atomic E-state index is 12.6. The highest BCUT2D eigenvalue weighted by molar-refractivity contribution is 5.96. The highest BCUT2D eigenvalue weighted by Gasteiger charge is 2.31. The Morgan fingerprint density at radius 1 is 1.30 bits per heavy atom. The number of amides is 2. The van der Waals surface area contributed by atoms with E-state index >= 15 is 0 Å². The topological polar surface area (TPSA) is 90.5 Å². The summed E-state index contributed by atoms with van der Waals surface area (Å²) >= 11 is 0. The van der Waals surface area contributed by atoms with Crippen LogP contribution in [0.4, 0.5) is 13.2 Å². The van der Waals surface area contributed by atoms with Gasteiger partial charge in [0.15, 0.2) is 0 Å². The van der Waals surface area contributed by atoms with Gasteiger partial charge in [0.1, 0.15) is 0 Å². The zero-order valence-electron chi connectivity index (χ0n) is 12.0. The molecule has 2 rings (SSSR count). The molecule has 1 aliphatic rings. The summed E-state index contributed by atoms with van der Waals surface area (Å²) in [5.74, 6) is -1.31. The Morgan fingerprint density at radius 2 is 2.04 bits per heavy atom. The van der Waals surface area contributed by atoms with Crippen LogP contribution in [-0.2, 0) is 11.0 Å². The summed E-state index contributed by atoms with van der Waals surface area (Å²) in [6.45, 7) is 0.383. The molecule has 0 aromatic heterocycles. The van der Waals surface area contributed by atoms with Crippen LogP contribution in [0.15, 0.2) is 24.3 Å². The molecule has 0 aliphatic carbocycles. The summed E-state index contributed by atoms with van der Waals surface area (Å²) in [5.41, 5.74) is -1.12. The van der Waals surface area contributed by atoms with Gasteiger partial charge in [-0.05, 0) is 18.2 Å². The van der Waals surface area contributed by atoms with Crippen LogP contribution in [0.2, 0.25) is 0 Å². The molecule has 0 radical (unpaired) electrons. The van der Waals surface area contributed by atoms with Crippen molar-refractivity contribution in [2.24, 2.45) is 0 Å². The number of hydrogen-bond acceptors (Lipinski definition) is 4. The molecule has 126 valence electrons. The Bertz CT molecular complexity index is 592. The van der Waals surface area contributed by atoms with Gasteiger partial charge in [-0.3, -0.25) is 9.59 Å². The number of rotatable bonds is 4. The molecule has 1 aromatic carbocycles. The van der Waals surface area contributed by atoms with E-state index in [-0.39, 0.29) is 5.56 Å². The van der Waals surface area contributed by atoms with Gasteiger partial charge in [0.2, 0.25) is 5.91 Å². The third kappa shape index (κ3) is 4.67. The van der Waals surface area contributed by atoms with Crippen LogP contribution in [-0.4, -0.2) is 48.7 Å². The SMILES string of the molecule is O=C(CNC(=O)c1cccc(C(F)(F)F)c1)N[C@@H]1CNC[C@H]1O. The molecule has 2 amide bonds. The number of nitrogens with one attached hydrogen (secondary N) is 3. The van der Waals surface area contributed by atoms with Crippen molar-refractivity contribution < 1.29 is 27.9 Å². The van der Waals surface area contributed by atoms with E-state index in [9.17, 15) is 27.9 Å². The van der Waals surface area contributed by atoms with Gasteiger partial charge in [-0.2, -0.15) is 13.2 Å². The largest absolute Gasteiger partial charge is 0.416 e. The number of hydrogen-bond donors (Lipinski definition) is 4. The number of carbonyl (C=O) groups is 2. The second-order valence-electron chi connectivity index (χ2n) is 5.16. The summed E-state index contributed by atoms with van der Waals surface area (Å²) in [6.07, 6.45) is -5.25. The zero-order valence-corrected chi connectivity index (χ0v) is 12.0. The number of carbonyl (C=O) groups excluding carboxylic acids is 2. The molecule has 2 atom stereocenters. The first-order valence-electron chi connectivity index (χ1n) is 6.91. The van der Waals surface area contributed by atoms with Crippen molar-refractivity contribution in [1.82, 2.24) is 16.0 Å². The fraction of sp³-hybridized carbons (Fsp3) is 0.429. The van der Waals surface area contributed by atoms with Gasteiger partial charge in [0.25, 0.3) is 5.91 Å². The number of aliphatic hydroxyl groups is 1. The number of aliphatic hydroxyl groups excluding tert-OH is 1. The van der Waals surface area contributed by atoms with Crippen LogP contribution in [0, 0.1) is 0 Å². The summed E-state index contributed by atoms with van der Waals surface area (Å²) in [7, 11) is 0.